The summed E-state index contributed by atoms with van der Waals surface area (Å²) in [4.78, 5) is 0. The van der Waals surface area contributed by atoms with E-state index in [0.717, 1.165) is 22.6 Å². The number of ether oxygens (including phenoxy) is 2. The first-order chi connectivity index (χ1) is 10.7. The van der Waals surface area contributed by atoms with Gasteiger partial charge in [0.05, 0.1) is 7.11 Å². The number of hydrogen-bond acceptors (Lipinski definition) is 3. The minimum atomic E-state index is 0.224. The van der Waals surface area contributed by atoms with Crippen LogP contribution in [0.1, 0.15) is 0 Å². The van der Waals surface area contributed by atoms with Crippen LogP contribution >= 0.6 is 0 Å². The molecule has 0 radical (unpaired) electrons. The number of aromatic hydroxyl groups is 1. The molecule has 0 atom stereocenters. The maximum atomic E-state index is 9.26. The summed E-state index contributed by atoms with van der Waals surface area (Å²) < 4.78 is 10.9. The van der Waals surface area contributed by atoms with Crippen molar-refractivity contribution in [3.63, 3.8) is 0 Å². The van der Waals surface area contributed by atoms with E-state index in [1.807, 2.05) is 48.5 Å². The molecule has 0 amide bonds. The van der Waals surface area contributed by atoms with E-state index in [9.17, 15) is 5.11 Å². The van der Waals surface area contributed by atoms with Crippen LogP contribution in [0.5, 0.6) is 23.0 Å². The Morgan fingerprint density at radius 2 is 1.00 bits per heavy atom. The van der Waals surface area contributed by atoms with Crippen molar-refractivity contribution in [3.05, 3.63) is 72.8 Å². The van der Waals surface area contributed by atoms with E-state index < -0.39 is 0 Å². The molecule has 0 saturated carbocycles. The predicted molar refractivity (Wildman–Crippen MR) is 86.6 cm³/mol. The molecule has 0 aromatic heterocycles. The Balaban J connectivity index is 1.75. The van der Waals surface area contributed by atoms with Gasteiger partial charge in [-0.05, 0) is 59.7 Å². The summed E-state index contributed by atoms with van der Waals surface area (Å²) in [6.07, 6.45) is 0. The van der Waals surface area contributed by atoms with Gasteiger partial charge in [-0.2, -0.15) is 0 Å². The Kier molecular flexibility index (Phi) is 3.97. The largest absolute Gasteiger partial charge is 0.508 e. The molecular formula is C19H16O3. The molecule has 0 saturated heterocycles. The first-order valence-electron chi connectivity index (χ1n) is 6.96. The average molecular weight is 292 g/mol. The third-order valence-corrected chi connectivity index (χ3v) is 3.35. The first-order valence-corrected chi connectivity index (χ1v) is 6.96. The van der Waals surface area contributed by atoms with Gasteiger partial charge in [0, 0.05) is 0 Å². The lowest BCUT2D eigenvalue weighted by Crippen LogP contribution is -1.85. The van der Waals surface area contributed by atoms with Crippen LogP contribution in [0.2, 0.25) is 0 Å². The Bertz CT molecular complexity index is 729. The molecule has 22 heavy (non-hydrogen) atoms. The van der Waals surface area contributed by atoms with Gasteiger partial charge >= 0.3 is 0 Å². The van der Waals surface area contributed by atoms with E-state index in [1.54, 1.807) is 31.4 Å². The lowest BCUT2D eigenvalue weighted by Gasteiger charge is -2.08. The zero-order chi connectivity index (χ0) is 15.4. The highest BCUT2D eigenvalue weighted by Gasteiger charge is 2.01. The monoisotopic (exact) mass is 292 g/mol. The third kappa shape index (κ3) is 3.20. The molecule has 3 aromatic rings. The van der Waals surface area contributed by atoms with Crippen LogP contribution in [-0.2, 0) is 0 Å². The fourth-order valence-electron chi connectivity index (χ4n) is 2.15. The highest BCUT2D eigenvalue weighted by molar-refractivity contribution is 5.65. The molecule has 0 aliphatic heterocycles. The molecule has 1 N–H and O–H groups in total. The summed E-state index contributed by atoms with van der Waals surface area (Å²) in [5.41, 5.74) is 2.23. The second kappa shape index (κ2) is 6.22. The summed E-state index contributed by atoms with van der Waals surface area (Å²) in [7, 11) is 1.66. The van der Waals surface area contributed by atoms with E-state index in [-0.39, 0.29) is 5.75 Å². The molecular weight excluding hydrogens is 276 g/mol. The van der Waals surface area contributed by atoms with Crippen molar-refractivity contribution in [1.82, 2.24) is 0 Å². The third-order valence-electron chi connectivity index (χ3n) is 3.35. The number of rotatable bonds is 4. The minimum Gasteiger partial charge on any atom is -0.508 e. The summed E-state index contributed by atoms with van der Waals surface area (Å²) >= 11 is 0. The van der Waals surface area contributed by atoms with Crippen molar-refractivity contribution in [1.29, 1.82) is 0 Å². The number of phenols is 1. The second-order valence-corrected chi connectivity index (χ2v) is 4.85. The lowest BCUT2D eigenvalue weighted by atomic mass is 10.1. The van der Waals surface area contributed by atoms with Gasteiger partial charge in [-0.3, -0.25) is 0 Å². The Hall–Kier alpha value is -2.94. The molecule has 0 heterocycles. The normalized spacial score (nSPS) is 10.2. The van der Waals surface area contributed by atoms with Gasteiger partial charge in [-0.15, -0.1) is 0 Å². The van der Waals surface area contributed by atoms with Gasteiger partial charge in [0.15, 0.2) is 0 Å². The van der Waals surface area contributed by atoms with Crippen LogP contribution in [0.25, 0.3) is 11.1 Å². The van der Waals surface area contributed by atoms with E-state index in [1.165, 1.54) is 0 Å². The zero-order valence-corrected chi connectivity index (χ0v) is 12.2. The SMILES string of the molecule is COc1ccc(-c2ccc(Oc3ccc(O)cc3)cc2)cc1. The highest BCUT2D eigenvalue weighted by atomic mass is 16.5. The topological polar surface area (TPSA) is 38.7 Å². The fraction of sp³-hybridized carbons (Fsp3) is 0.0526. The molecule has 3 nitrogen and oxygen atoms in total. The quantitative estimate of drug-likeness (QED) is 0.746. The lowest BCUT2D eigenvalue weighted by molar-refractivity contribution is 0.415. The van der Waals surface area contributed by atoms with Gasteiger partial charge in [-0.25, -0.2) is 0 Å². The molecule has 0 spiro atoms. The molecule has 3 heteroatoms. The fourth-order valence-corrected chi connectivity index (χ4v) is 2.15. The molecule has 0 bridgehead atoms. The van der Waals surface area contributed by atoms with Crippen molar-refractivity contribution in [2.24, 2.45) is 0 Å². The van der Waals surface area contributed by atoms with Crippen molar-refractivity contribution in [2.45, 2.75) is 0 Å². The van der Waals surface area contributed by atoms with E-state index >= 15 is 0 Å². The van der Waals surface area contributed by atoms with Crippen molar-refractivity contribution in [2.75, 3.05) is 7.11 Å². The summed E-state index contributed by atoms with van der Waals surface area (Å²) in [6, 6.07) is 22.4. The van der Waals surface area contributed by atoms with Crippen molar-refractivity contribution in [3.8, 4) is 34.1 Å². The van der Waals surface area contributed by atoms with Gasteiger partial charge in [0.2, 0.25) is 0 Å². The highest BCUT2D eigenvalue weighted by Crippen LogP contribution is 2.27. The Morgan fingerprint density at radius 3 is 1.45 bits per heavy atom. The van der Waals surface area contributed by atoms with Crippen LogP contribution in [0.15, 0.2) is 72.8 Å². The van der Waals surface area contributed by atoms with Crippen molar-refractivity contribution >= 4 is 0 Å². The zero-order valence-electron chi connectivity index (χ0n) is 12.2. The smallest absolute Gasteiger partial charge is 0.127 e. The van der Waals surface area contributed by atoms with E-state index in [2.05, 4.69) is 0 Å². The van der Waals surface area contributed by atoms with E-state index in [0.29, 0.717) is 5.75 Å². The predicted octanol–water partition coefficient (Wildman–Crippen LogP) is 4.86. The number of phenolic OH excluding ortho intramolecular Hbond substituents is 1. The molecule has 0 aliphatic rings. The molecule has 110 valence electrons. The van der Waals surface area contributed by atoms with Gasteiger partial charge in [0.25, 0.3) is 0 Å². The van der Waals surface area contributed by atoms with E-state index in [4.69, 9.17) is 9.47 Å². The number of methoxy groups -OCH3 is 1. The van der Waals surface area contributed by atoms with Crippen LogP contribution < -0.4 is 9.47 Å². The summed E-state index contributed by atoms with van der Waals surface area (Å²) in [6.45, 7) is 0. The van der Waals surface area contributed by atoms with Gasteiger partial charge < -0.3 is 14.6 Å². The maximum absolute atomic E-state index is 9.26. The molecule has 0 aliphatic carbocycles. The Labute approximate surface area is 129 Å². The van der Waals surface area contributed by atoms with Crippen LogP contribution in [0, 0.1) is 0 Å². The van der Waals surface area contributed by atoms with Crippen molar-refractivity contribution < 1.29 is 14.6 Å². The summed E-state index contributed by atoms with van der Waals surface area (Å²) in [5.74, 6) is 2.51. The summed E-state index contributed by atoms with van der Waals surface area (Å²) in [5, 5.41) is 9.26. The second-order valence-electron chi connectivity index (χ2n) is 4.85. The Morgan fingerprint density at radius 1 is 0.591 bits per heavy atom. The van der Waals surface area contributed by atoms with Gasteiger partial charge in [0.1, 0.15) is 23.0 Å². The van der Waals surface area contributed by atoms with Crippen LogP contribution in [0.3, 0.4) is 0 Å². The minimum absolute atomic E-state index is 0.224. The molecule has 3 aromatic carbocycles. The average Bonchev–Trinajstić information content (AvgIpc) is 2.58. The van der Waals surface area contributed by atoms with Crippen LogP contribution in [-0.4, -0.2) is 12.2 Å². The molecule has 0 unspecified atom stereocenters. The number of hydrogen-bond donors (Lipinski definition) is 1. The van der Waals surface area contributed by atoms with Crippen LogP contribution in [0.4, 0.5) is 0 Å². The molecule has 0 fully saturated rings. The molecule has 3 rings (SSSR count). The first kappa shape index (κ1) is 14.0. The maximum Gasteiger partial charge on any atom is 0.127 e. The standard InChI is InChI=1S/C19H16O3/c1-21-17-8-2-14(3-9-17)15-4-10-18(11-5-15)22-19-12-6-16(20)7-13-19/h2-13,20H,1H3. The van der Waals surface area contributed by atoms with Gasteiger partial charge in [-0.1, -0.05) is 24.3 Å². The number of benzene rings is 3.